The summed E-state index contributed by atoms with van der Waals surface area (Å²) in [7, 11) is 3.15. The van der Waals surface area contributed by atoms with Gasteiger partial charge in [0.2, 0.25) is 5.89 Å². The lowest BCUT2D eigenvalue weighted by atomic mass is 10.1. The number of rotatable bonds is 8. The summed E-state index contributed by atoms with van der Waals surface area (Å²) in [4.78, 5) is 22.7. The molecule has 0 aliphatic heterocycles. The predicted octanol–water partition coefficient (Wildman–Crippen LogP) is 2.69. The molecule has 0 spiro atoms. The van der Waals surface area contributed by atoms with E-state index in [0.717, 1.165) is 0 Å². The van der Waals surface area contributed by atoms with Crippen LogP contribution in [0.5, 0.6) is 5.75 Å². The minimum absolute atomic E-state index is 0.136. The number of hydrogen-bond donors (Lipinski definition) is 1. The molecule has 160 valence electrons. The summed E-state index contributed by atoms with van der Waals surface area (Å²) in [5, 5.41) is 11.0. The molecule has 31 heavy (non-hydrogen) atoms. The van der Waals surface area contributed by atoms with E-state index in [9.17, 15) is 4.79 Å². The van der Waals surface area contributed by atoms with E-state index in [2.05, 4.69) is 25.5 Å². The number of methoxy groups -OCH3 is 2. The number of aryl methyl sites for hydroxylation is 1. The molecule has 3 aromatic heterocycles. The molecular weight excluding hydrogens is 404 g/mol. The van der Waals surface area contributed by atoms with Crippen LogP contribution in [0.2, 0.25) is 0 Å². The largest absolute Gasteiger partial charge is 0.497 e. The fourth-order valence-corrected chi connectivity index (χ4v) is 2.90. The number of nitrogens with one attached hydrogen (secondary N) is 1. The zero-order valence-corrected chi connectivity index (χ0v) is 17.2. The van der Waals surface area contributed by atoms with Crippen molar-refractivity contribution in [3.8, 4) is 17.1 Å². The first-order valence-corrected chi connectivity index (χ1v) is 9.31. The molecule has 0 atom stereocenters. The van der Waals surface area contributed by atoms with Gasteiger partial charge in [0.1, 0.15) is 24.3 Å². The highest BCUT2D eigenvalue weighted by molar-refractivity contribution is 6.06. The first kappa shape index (κ1) is 20.3. The number of ether oxygens (including phenoxy) is 2. The summed E-state index contributed by atoms with van der Waals surface area (Å²) in [6, 6.07) is 7.18. The summed E-state index contributed by atoms with van der Waals surface area (Å²) in [5.41, 5.74) is 1.48. The highest BCUT2D eigenvalue weighted by atomic mass is 16.5. The average Bonchev–Trinajstić information content (AvgIpc) is 3.49. The lowest BCUT2D eigenvalue weighted by Gasteiger charge is -2.04. The Kier molecular flexibility index (Phi) is 5.76. The van der Waals surface area contributed by atoms with E-state index in [1.807, 2.05) is 6.07 Å². The Balaban J connectivity index is 1.49. The molecule has 3 heterocycles. The Labute approximate surface area is 177 Å². The number of anilines is 1. The molecule has 0 saturated heterocycles. The van der Waals surface area contributed by atoms with Gasteiger partial charge >= 0.3 is 0 Å². The zero-order valence-electron chi connectivity index (χ0n) is 17.2. The number of carbonyl (C=O) groups excluding carboxylic acids is 1. The topological polar surface area (TPSA) is 130 Å². The predicted molar refractivity (Wildman–Crippen MR) is 108 cm³/mol. The summed E-state index contributed by atoms with van der Waals surface area (Å²) in [6.45, 7) is 2.23. The summed E-state index contributed by atoms with van der Waals surface area (Å²) < 4.78 is 21.3. The van der Waals surface area contributed by atoms with Crippen LogP contribution in [0, 0.1) is 6.92 Å². The Morgan fingerprint density at radius 1 is 1.26 bits per heavy atom. The molecular formula is C20H20N6O5. The van der Waals surface area contributed by atoms with Crippen molar-refractivity contribution in [3.05, 3.63) is 59.9 Å². The summed E-state index contributed by atoms with van der Waals surface area (Å²) >= 11 is 0. The fraction of sp³-hybridized carbons (Fsp3) is 0.250. The molecule has 0 bridgehead atoms. The van der Waals surface area contributed by atoms with Gasteiger partial charge in [0.25, 0.3) is 5.91 Å². The van der Waals surface area contributed by atoms with Crippen LogP contribution in [-0.4, -0.2) is 45.1 Å². The molecule has 0 fully saturated rings. The molecule has 1 aromatic carbocycles. The number of nitrogens with zero attached hydrogens (tertiary/aromatic N) is 5. The number of amides is 1. The molecule has 1 N–H and O–H groups in total. The highest BCUT2D eigenvalue weighted by Gasteiger charge is 2.21. The van der Waals surface area contributed by atoms with Crippen LogP contribution in [0.15, 0.2) is 45.6 Å². The van der Waals surface area contributed by atoms with Gasteiger partial charge in [-0.05, 0) is 12.1 Å². The Morgan fingerprint density at radius 2 is 2.13 bits per heavy atom. The molecule has 0 aliphatic rings. The minimum Gasteiger partial charge on any atom is -0.497 e. The smallest absolute Gasteiger partial charge is 0.279 e. The second-order valence-corrected chi connectivity index (χ2v) is 6.52. The van der Waals surface area contributed by atoms with Gasteiger partial charge in [-0.25, -0.2) is 9.97 Å². The molecule has 11 heteroatoms. The highest BCUT2D eigenvalue weighted by Crippen LogP contribution is 2.28. The number of benzene rings is 1. The Hall–Kier alpha value is -3.99. The molecule has 0 saturated carbocycles. The summed E-state index contributed by atoms with van der Waals surface area (Å²) in [6.07, 6.45) is 2.94. The SMILES string of the molecule is COCc1coc(Cn2ncc(NC(=O)c3nc(C)oc3-c3cccc(OC)c3)n2)n1. The Bertz CT molecular complexity index is 1190. The maximum atomic E-state index is 12.8. The molecule has 0 radical (unpaired) electrons. The van der Waals surface area contributed by atoms with Gasteiger partial charge in [-0.15, -0.1) is 5.10 Å². The van der Waals surface area contributed by atoms with E-state index in [4.69, 9.17) is 18.3 Å². The van der Waals surface area contributed by atoms with Crippen molar-refractivity contribution in [1.29, 1.82) is 0 Å². The monoisotopic (exact) mass is 424 g/mol. The van der Waals surface area contributed by atoms with E-state index in [1.54, 1.807) is 39.3 Å². The van der Waals surface area contributed by atoms with Crippen molar-refractivity contribution >= 4 is 11.7 Å². The van der Waals surface area contributed by atoms with E-state index in [1.165, 1.54) is 17.3 Å². The van der Waals surface area contributed by atoms with E-state index >= 15 is 0 Å². The van der Waals surface area contributed by atoms with Crippen LogP contribution >= 0.6 is 0 Å². The van der Waals surface area contributed by atoms with Crippen molar-refractivity contribution in [3.63, 3.8) is 0 Å². The average molecular weight is 424 g/mol. The lowest BCUT2D eigenvalue weighted by Crippen LogP contribution is -2.14. The molecule has 0 unspecified atom stereocenters. The third kappa shape index (κ3) is 4.61. The van der Waals surface area contributed by atoms with E-state index in [0.29, 0.717) is 41.2 Å². The fourth-order valence-electron chi connectivity index (χ4n) is 2.90. The number of aromatic nitrogens is 5. The van der Waals surface area contributed by atoms with Crippen LogP contribution in [0.25, 0.3) is 11.3 Å². The van der Waals surface area contributed by atoms with Crippen molar-refractivity contribution in [1.82, 2.24) is 25.0 Å². The van der Waals surface area contributed by atoms with Crippen LogP contribution < -0.4 is 10.1 Å². The van der Waals surface area contributed by atoms with Gasteiger partial charge in [0.15, 0.2) is 23.2 Å². The summed E-state index contributed by atoms with van der Waals surface area (Å²) in [5.74, 6) is 1.55. The van der Waals surface area contributed by atoms with Crippen molar-refractivity contribution in [2.75, 3.05) is 19.5 Å². The van der Waals surface area contributed by atoms with Crippen LogP contribution in [0.1, 0.15) is 28.0 Å². The van der Waals surface area contributed by atoms with E-state index < -0.39 is 5.91 Å². The number of carbonyl (C=O) groups is 1. The number of hydrogen-bond acceptors (Lipinski definition) is 9. The first-order valence-electron chi connectivity index (χ1n) is 9.31. The normalized spacial score (nSPS) is 10.9. The minimum atomic E-state index is -0.472. The van der Waals surface area contributed by atoms with Crippen LogP contribution in [0.4, 0.5) is 5.82 Å². The molecule has 0 aliphatic carbocycles. The zero-order chi connectivity index (χ0) is 21.8. The van der Waals surface area contributed by atoms with Gasteiger partial charge in [-0.1, -0.05) is 12.1 Å². The molecule has 11 nitrogen and oxygen atoms in total. The molecule has 1 amide bonds. The Morgan fingerprint density at radius 3 is 2.94 bits per heavy atom. The van der Waals surface area contributed by atoms with Gasteiger partial charge in [-0.2, -0.15) is 9.90 Å². The van der Waals surface area contributed by atoms with Crippen molar-refractivity contribution < 1.29 is 23.1 Å². The van der Waals surface area contributed by atoms with Gasteiger partial charge in [-0.3, -0.25) is 4.79 Å². The molecule has 4 aromatic rings. The maximum absolute atomic E-state index is 12.8. The van der Waals surface area contributed by atoms with Crippen molar-refractivity contribution in [2.45, 2.75) is 20.1 Å². The third-order valence-corrected chi connectivity index (χ3v) is 4.23. The second kappa shape index (κ2) is 8.79. The second-order valence-electron chi connectivity index (χ2n) is 6.52. The standard InChI is InChI=1S/C20H20N6O5/c1-12-22-18(19(31-12)13-5-4-6-15(7-13)29-3)20(27)24-16-8-21-26(25-16)9-17-23-14(10-28-2)11-30-17/h4-8,11H,9-10H2,1-3H3,(H,24,25,27). The lowest BCUT2D eigenvalue weighted by molar-refractivity contribution is 0.102. The van der Waals surface area contributed by atoms with E-state index in [-0.39, 0.29) is 18.1 Å². The van der Waals surface area contributed by atoms with Crippen LogP contribution in [0.3, 0.4) is 0 Å². The van der Waals surface area contributed by atoms with Gasteiger partial charge in [0, 0.05) is 19.6 Å². The van der Waals surface area contributed by atoms with Crippen LogP contribution in [-0.2, 0) is 17.9 Å². The maximum Gasteiger partial charge on any atom is 0.279 e. The van der Waals surface area contributed by atoms with Crippen molar-refractivity contribution in [2.24, 2.45) is 0 Å². The first-order chi connectivity index (χ1) is 15.1. The molecule has 4 rings (SSSR count). The van der Waals surface area contributed by atoms with Gasteiger partial charge in [0.05, 0.1) is 19.9 Å². The number of oxazole rings is 2. The quantitative estimate of drug-likeness (QED) is 0.453. The van der Waals surface area contributed by atoms with Gasteiger partial charge < -0.3 is 23.6 Å². The third-order valence-electron chi connectivity index (χ3n) is 4.23.